The Morgan fingerprint density at radius 1 is 1.32 bits per heavy atom. The van der Waals surface area contributed by atoms with Gasteiger partial charge in [0.15, 0.2) is 0 Å². The topological polar surface area (TPSA) is 97.1 Å². The first-order chi connectivity index (χ1) is 13.3. The minimum absolute atomic E-state index is 0.0494. The summed E-state index contributed by atoms with van der Waals surface area (Å²) in [5.41, 5.74) is 0.593. The maximum Gasteiger partial charge on any atom is 0.410 e. The molecule has 0 saturated carbocycles. The molecule has 1 amide bonds. The van der Waals surface area contributed by atoms with Gasteiger partial charge in [-0.1, -0.05) is 5.16 Å². The second-order valence-electron chi connectivity index (χ2n) is 7.98. The van der Waals surface area contributed by atoms with Gasteiger partial charge in [-0.15, -0.1) is 0 Å². The number of nitrogens with zero attached hydrogens (tertiary/aromatic N) is 4. The fourth-order valence-electron chi connectivity index (χ4n) is 3.35. The number of H-pyrrole nitrogens is 1. The third-order valence-electron chi connectivity index (χ3n) is 4.70. The van der Waals surface area contributed by atoms with E-state index in [1.54, 1.807) is 11.1 Å². The number of fused-ring (bicyclic) bond motifs is 1. The molecule has 3 aromatic rings. The van der Waals surface area contributed by atoms with Crippen LogP contribution >= 0.6 is 0 Å². The summed E-state index contributed by atoms with van der Waals surface area (Å²) < 4.78 is 24.7. The van der Waals surface area contributed by atoms with Gasteiger partial charge in [0.2, 0.25) is 11.7 Å². The number of ether oxygens (including phenoxy) is 1. The molecule has 0 aliphatic carbocycles. The lowest BCUT2D eigenvalue weighted by Crippen LogP contribution is -2.41. The average molecular weight is 387 g/mol. The van der Waals surface area contributed by atoms with Crippen LogP contribution in [0.15, 0.2) is 22.9 Å². The van der Waals surface area contributed by atoms with Crippen molar-refractivity contribution in [2.45, 2.75) is 45.1 Å². The molecule has 1 saturated heterocycles. The van der Waals surface area contributed by atoms with Gasteiger partial charge in [-0.3, -0.25) is 5.10 Å². The number of hydrogen-bond donors (Lipinski definition) is 1. The summed E-state index contributed by atoms with van der Waals surface area (Å²) in [6, 6.07) is 2.75. The molecule has 1 fully saturated rings. The van der Waals surface area contributed by atoms with E-state index in [-0.39, 0.29) is 12.0 Å². The van der Waals surface area contributed by atoms with Crippen molar-refractivity contribution in [1.82, 2.24) is 25.2 Å². The van der Waals surface area contributed by atoms with Crippen molar-refractivity contribution in [3.63, 3.8) is 0 Å². The lowest BCUT2D eigenvalue weighted by molar-refractivity contribution is 0.0198. The lowest BCUT2D eigenvalue weighted by Gasteiger charge is -2.32. The fraction of sp³-hybridized carbons (Fsp3) is 0.474. The zero-order valence-corrected chi connectivity index (χ0v) is 16.0. The Morgan fingerprint density at radius 2 is 2.07 bits per heavy atom. The molecule has 4 rings (SSSR count). The Labute approximate surface area is 161 Å². The van der Waals surface area contributed by atoms with E-state index in [0.29, 0.717) is 48.7 Å². The lowest BCUT2D eigenvalue weighted by atomic mass is 9.97. The van der Waals surface area contributed by atoms with E-state index in [1.807, 2.05) is 20.8 Å². The molecule has 2 aromatic heterocycles. The molecule has 0 atom stereocenters. The predicted octanol–water partition coefficient (Wildman–Crippen LogP) is 3.87. The second-order valence-corrected chi connectivity index (χ2v) is 7.98. The Bertz CT molecular complexity index is 999. The van der Waals surface area contributed by atoms with Crippen molar-refractivity contribution in [3.05, 3.63) is 30.0 Å². The predicted molar refractivity (Wildman–Crippen MR) is 99.1 cm³/mol. The van der Waals surface area contributed by atoms with E-state index >= 15 is 0 Å². The molecule has 0 bridgehead atoms. The molecule has 28 heavy (non-hydrogen) atoms. The number of benzene rings is 1. The van der Waals surface area contributed by atoms with E-state index in [1.165, 1.54) is 12.1 Å². The van der Waals surface area contributed by atoms with Crippen LogP contribution in [-0.2, 0) is 4.74 Å². The van der Waals surface area contributed by atoms with E-state index in [2.05, 4.69) is 20.3 Å². The summed E-state index contributed by atoms with van der Waals surface area (Å²) in [5.74, 6) is 0.479. The van der Waals surface area contributed by atoms with Crippen molar-refractivity contribution < 1.29 is 18.4 Å². The SMILES string of the molecule is CC(C)(C)OC(=O)N1CCC(c2nc(-c3cc(F)cc4[nH]ncc34)no2)CC1. The van der Waals surface area contributed by atoms with Crippen LogP contribution < -0.4 is 0 Å². The molecule has 8 nitrogen and oxygen atoms in total. The van der Waals surface area contributed by atoms with E-state index in [9.17, 15) is 9.18 Å². The highest BCUT2D eigenvalue weighted by Gasteiger charge is 2.30. The zero-order chi connectivity index (χ0) is 19.9. The molecule has 0 spiro atoms. The first-order valence-corrected chi connectivity index (χ1v) is 9.25. The number of rotatable bonds is 2. The van der Waals surface area contributed by atoms with Gasteiger partial charge < -0.3 is 14.2 Å². The van der Waals surface area contributed by atoms with Gasteiger partial charge in [0.25, 0.3) is 0 Å². The van der Waals surface area contributed by atoms with Crippen LogP contribution in [0.4, 0.5) is 9.18 Å². The maximum atomic E-state index is 13.9. The number of aromatic nitrogens is 4. The summed E-state index contributed by atoms with van der Waals surface area (Å²) >= 11 is 0. The number of halogens is 1. The van der Waals surface area contributed by atoms with E-state index in [4.69, 9.17) is 9.26 Å². The highest BCUT2D eigenvalue weighted by atomic mass is 19.1. The molecule has 1 aliphatic rings. The van der Waals surface area contributed by atoms with Crippen molar-refractivity contribution in [3.8, 4) is 11.4 Å². The van der Waals surface area contributed by atoms with Gasteiger partial charge in [0.05, 0.1) is 11.7 Å². The van der Waals surface area contributed by atoms with Crippen molar-refractivity contribution in [2.75, 3.05) is 13.1 Å². The number of piperidine rings is 1. The third-order valence-corrected chi connectivity index (χ3v) is 4.70. The van der Waals surface area contributed by atoms with Gasteiger partial charge in [0.1, 0.15) is 11.4 Å². The van der Waals surface area contributed by atoms with Crippen LogP contribution in [0.3, 0.4) is 0 Å². The summed E-state index contributed by atoms with van der Waals surface area (Å²) in [6.45, 7) is 6.66. The Kier molecular flexibility index (Phi) is 4.52. The normalized spacial score (nSPS) is 15.9. The van der Waals surface area contributed by atoms with Crippen LogP contribution in [0.25, 0.3) is 22.3 Å². The van der Waals surface area contributed by atoms with Gasteiger partial charge in [-0.25, -0.2) is 9.18 Å². The Hall–Kier alpha value is -2.97. The number of amides is 1. The second kappa shape index (κ2) is 6.88. The van der Waals surface area contributed by atoms with Crippen LogP contribution in [0.1, 0.15) is 45.4 Å². The number of nitrogens with one attached hydrogen (secondary N) is 1. The van der Waals surface area contributed by atoms with Crippen LogP contribution in [0.2, 0.25) is 0 Å². The zero-order valence-electron chi connectivity index (χ0n) is 16.0. The fourth-order valence-corrected chi connectivity index (χ4v) is 3.35. The van der Waals surface area contributed by atoms with E-state index < -0.39 is 11.4 Å². The molecule has 0 radical (unpaired) electrons. The monoisotopic (exact) mass is 387 g/mol. The number of carbonyl (C=O) groups is 1. The number of aromatic amines is 1. The Balaban J connectivity index is 1.47. The summed E-state index contributed by atoms with van der Waals surface area (Å²) in [7, 11) is 0. The van der Waals surface area contributed by atoms with E-state index in [0.717, 1.165) is 5.39 Å². The number of carbonyl (C=O) groups excluding carboxylic acids is 1. The first kappa shape index (κ1) is 18.4. The Morgan fingerprint density at radius 3 is 2.79 bits per heavy atom. The molecule has 148 valence electrons. The molecule has 3 heterocycles. The van der Waals surface area contributed by atoms with Gasteiger partial charge in [-0.2, -0.15) is 10.1 Å². The van der Waals surface area contributed by atoms with Gasteiger partial charge >= 0.3 is 6.09 Å². The molecular weight excluding hydrogens is 365 g/mol. The standard InChI is InChI=1S/C19H22FN5O3/c1-19(2,3)27-18(26)25-6-4-11(5-7-25)17-22-16(24-28-17)13-8-12(20)9-15-14(13)10-21-23-15/h8-11H,4-7H2,1-3H3,(H,21,23). The van der Waals surface area contributed by atoms with Crippen molar-refractivity contribution in [1.29, 1.82) is 0 Å². The van der Waals surface area contributed by atoms with Crippen LogP contribution in [0.5, 0.6) is 0 Å². The highest BCUT2D eigenvalue weighted by Crippen LogP contribution is 2.31. The van der Waals surface area contributed by atoms with Crippen molar-refractivity contribution in [2.24, 2.45) is 0 Å². The summed E-state index contributed by atoms with van der Waals surface area (Å²) in [5, 5.41) is 11.5. The minimum atomic E-state index is -0.515. The number of likely N-dealkylation sites (tertiary alicyclic amines) is 1. The summed E-state index contributed by atoms with van der Waals surface area (Å²) in [4.78, 5) is 18.4. The molecule has 0 unspecified atom stereocenters. The quantitative estimate of drug-likeness (QED) is 0.717. The van der Waals surface area contributed by atoms with Crippen molar-refractivity contribution >= 4 is 17.0 Å². The number of hydrogen-bond acceptors (Lipinski definition) is 6. The molecule has 1 aromatic carbocycles. The average Bonchev–Trinajstić information content (AvgIpc) is 3.29. The highest BCUT2D eigenvalue weighted by molar-refractivity contribution is 5.92. The molecule has 1 N–H and O–H groups in total. The van der Waals surface area contributed by atoms with Crippen LogP contribution in [-0.4, -0.2) is 50.0 Å². The maximum absolute atomic E-state index is 13.9. The molecule has 9 heteroatoms. The first-order valence-electron chi connectivity index (χ1n) is 9.25. The third kappa shape index (κ3) is 3.69. The van der Waals surface area contributed by atoms with Gasteiger partial charge in [0, 0.05) is 30.0 Å². The van der Waals surface area contributed by atoms with Crippen LogP contribution in [0, 0.1) is 5.82 Å². The minimum Gasteiger partial charge on any atom is -0.444 e. The summed E-state index contributed by atoms with van der Waals surface area (Å²) in [6.07, 6.45) is 2.70. The smallest absolute Gasteiger partial charge is 0.410 e. The van der Waals surface area contributed by atoms with Gasteiger partial charge in [-0.05, 0) is 45.7 Å². The molecular formula is C19H22FN5O3. The largest absolute Gasteiger partial charge is 0.444 e. The molecule has 1 aliphatic heterocycles.